The number of hydrogen-bond acceptors (Lipinski definition) is 5. The van der Waals surface area contributed by atoms with E-state index in [1.807, 2.05) is 12.1 Å². The maximum absolute atomic E-state index is 9.29. The van der Waals surface area contributed by atoms with Crippen molar-refractivity contribution in [1.82, 2.24) is 4.90 Å². The molecule has 4 nitrogen and oxygen atoms in total. The minimum atomic E-state index is 0.352. The monoisotopic (exact) mass is 294 g/mol. The zero-order valence-corrected chi connectivity index (χ0v) is 12.9. The van der Waals surface area contributed by atoms with Crippen LogP contribution in [-0.4, -0.2) is 54.4 Å². The summed E-state index contributed by atoms with van der Waals surface area (Å²) in [5, 5.41) is 12.8. The minimum absolute atomic E-state index is 0.352. The van der Waals surface area contributed by atoms with Gasteiger partial charge in [-0.1, -0.05) is 17.3 Å². The van der Waals surface area contributed by atoms with E-state index in [1.54, 1.807) is 11.8 Å². The van der Waals surface area contributed by atoms with Crippen molar-refractivity contribution in [2.24, 2.45) is 5.16 Å². The molecule has 1 saturated heterocycles. The molecule has 1 unspecified atom stereocenters. The SMILES string of the molecule is CSc1ccc(C(CC(C)N2CCOCC2)=NO)cc1. The Labute approximate surface area is 124 Å². The molecule has 0 radical (unpaired) electrons. The lowest BCUT2D eigenvalue weighted by atomic mass is 10.0. The fourth-order valence-corrected chi connectivity index (χ4v) is 2.84. The lowest BCUT2D eigenvalue weighted by molar-refractivity contribution is 0.0215. The van der Waals surface area contributed by atoms with Gasteiger partial charge in [0.2, 0.25) is 0 Å². The van der Waals surface area contributed by atoms with Crippen molar-refractivity contribution in [1.29, 1.82) is 0 Å². The van der Waals surface area contributed by atoms with Crippen LogP contribution >= 0.6 is 11.8 Å². The Bertz CT molecular complexity index is 442. The first-order valence-corrected chi connectivity index (χ1v) is 8.14. The first-order chi connectivity index (χ1) is 9.74. The predicted octanol–water partition coefficient (Wildman–Crippen LogP) is 2.70. The van der Waals surface area contributed by atoms with E-state index < -0.39 is 0 Å². The molecule has 2 rings (SSSR count). The maximum atomic E-state index is 9.29. The normalized spacial score (nSPS) is 19.0. The standard InChI is InChI=1S/C15H22N2O2S/c1-12(17-7-9-19-10-8-17)11-15(16-18)13-3-5-14(20-2)6-4-13/h3-6,12,18H,7-11H2,1-2H3. The number of hydrogen-bond donors (Lipinski definition) is 1. The largest absolute Gasteiger partial charge is 0.411 e. The third-order valence-corrected chi connectivity index (χ3v) is 4.45. The molecule has 1 aromatic rings. The zero-order chi connectivity index (χ0) is 14.4. The van der Waals surface area contributed by atoms with E-state index in [0.717, 1.165) is 44.0 Å². The van der Waals surface area contributed by atoms with Crippen LogP contribution in [0.25, 0.3) is 0 Å². The third-order valence-electron chi connectivity index (χ3n) is 3.70. The molecular formula is C15H22N2O2S. The Morgan fingerprint density at radius 2 is 2.00 bits per heavy atom. The van der Waals surface area contributed by atoms with Gasteiger partial charge in [-0.05, 0) is 30.9 Å². The summed E-state index contributed by atoms with van der Waals surface area (Å²) in [5.74, 6) is 0. The molecule has 0 amide bonds. The van der Waals surface area contributed by atoms with E-state index in [9.17, 15) is 5.21 Å². The summed E-state index contributed by atoms with van der Waals surface area (Å²) >= 11 is 1.71. The van der Waals surface area contributed by atoms with Gasteiger partial charge >= 0.3 is 0 Å². The summed E-state index contributed by atoms with van der Waals surface area (Å²) < 4.78 is 5.37. The van der Waals surface area contributed by atoms with Crippen LogP contribution in [0.4, 0.5) is 0 Å². The Hall–Kier alpha value is -1.04. The van der Waals surface area contributed by atoms with Crippen molar-refractivity contribution in [3.05, 3.63) is 29.8 Å². The van der Waals surface area contributed by atoms with Gasteiger partial charge < -0.3 is 9.94 Å². The summed E-state index contributed by atoms with van der Waals surface area (Å²) in [7, 11) is 0. The number of benzene rings is 1. The molecule has 5 heteroatoms. The molecule has 1 heterocycles. The van der Waals surface area contributed by atoms with Gasteiger partial charge in [-0.3, -0.25) is 4.90 Å². The van der Waals surface area contributed by atoms with Crippen LogP contribution in [0.15, 0.2) is 34.3 Å². The van der Waals surface area contributed by atoms with Crippen molar-refractivity contribution >= 4 is 17.5 Å². The summed E-state index contributed by atoms with van der Waals surface area (Å²) in [6, 6.07) is 8.51. The van der Waals surface area contributed by atoms with Crippen molar-refractivity contribution < 1.29 is 9.94 Å². The van der Waals surface area contributed by atoms with Crippen molar-refractivity contribution in [2.75, 3.05) is 32.6 Å². The smallest absolute Gasteiger partial charge is 0.0883 e. The molecular weight excluding hydrogens is 272 g/mol. The van der Waals surface area contributed by atoms with Crippen LogP contribution in [0.2, 0.25) is 0 Å². The summed E-state index contributed by atoms with van der Waals surface area (Å²) in [5.41, 5.74) is 1.74. The van der Waals surface area contributed by atoms with Gasteiger partial charge in [0.15, 0.2) is 0 Å². The highest BCUT2D eigenvalue weighted by atomic mass is 32.2. The van der Waals surface area contributed by atoms with Crippen LogP contribution < -0.4 is 0 Å². The Balaban J connectivity index is 2.00. The average molecular weight is 294 g/mol. The average Bonchev–Trinajstić information content (AvgIpc) is 2.53. The van der Waals surface area contributed by atoms with Crippen molar-refractivity contribution in [3.8, 4) is 0 Å². The van der Waals surface area contributed by atoms with Crippen LogP contribution in [0.5, 0.6) is 0 Å². The number of nitrogens with zero attached hydrogens (tertiary/aromatic N) is 2. The van der Waals surface area contributed by atoms with E-state index in [-0.39, 0.29) is 0 Å². The number of thioether (sulfide) groups is 1. The summed E-state index contributed by atoms with van der Waals surface area (Å²) in [4.78, 5) is 3.59. The maximum Gasteiger partial charge on any atom is 0.0883 e. The van der Waals surface area contributed by atoms with Gasteiger partial charge in [-0.2, -0.15) is 0 Å². The molecule has 20 heavy (non-hydrogen) atoms. The highest BCUT2D eigenvalue weighted by Gasteiger charge is 2.19. The first kappa shape index (κ1) is 15.4. The molecule has 1 aromatic carbocycles. The van der Waals surface area contributed by atoms with Crippen LogP contribution in [0.1, 0.15) is 18.9 Å². The zero-order valence-electron chi connectivity index (χ0n) is 12.1. The molecule has 0 aliphatic carbocycles. The third kappa shape index (κ3) is 3.98. The molecule has 0 aromatic heterocycles. The molecule has 1 aliphatic heterocycles. The second-order valence-electron chi connectivity index (χ2n) is 4.98. The van der Waals surface area contributed by atoms with Crippen molar-refractivity contribution in [2.45, 2.75) is 24.3 Å². The number of rotatable bonds is 5. The van der Waals surface area contributed by atoms with E-state index in [4.69, 9.17) is 4.74 Å². The molecule has 0 bridgehead atoms. The van der Waals surface area contributed by atoms with Crippen molar-refractivity contribution in [3.63, 3.8) is 0 Å². The fraction of sp³-hybridized carbons (Fsp3) is 0.533. The topological polar surface area (TPSA) is 45.1 Å². The lowest BCUT2D eigenvalue weighted by Crippen LogP contribution is -2.43. The van der Waals surface area contributed by atoms with E-state index >= 15 is 0 Å². The predicted molar refractivity (Wildman–Crippen MR) is 83.0 cm³/mol. The van der Waals surface area contributed by atoms with E-state index in [0.29, 0.717) is 6.04 Å². The molecule has 1 atom stereocenters. The Kier molecular flexibility index (Phi) is 5.88. The van der Waals surface area contributed by atoms with E-state index in [1.165, 1.54) is 4.90 Å². The number of ether oxygens (including phenoxy) is 1. The molecule has 110 valence electrons. The van der Waals surface area contributed by atoms with Gasteiger partial charge in [0.05, 0.1) is 18.9 Å². The molecule has 1 fully saturated rings. The quantitative estimate of drug-likeness (QED) is 0.392. The van der Waals surface area contributed by atoms with Gasteiger partial charge in [0, 0.05) is 30.4 Å². The van der Waals surface area contributed by atoms with Gasteiger partial charge in [0.1, 0.15) is 0 Å². The van der Waals surface area contributed by atoms with Gasteiger partial charge in [-0.25, -0.2) is 0 Å². The molecule has 0 spiro atoms. The summed E-state index contributed by atoms with van der Waals surface area (Å²) in [6.45, 7) is 5.65. The van der Waals surface area contributed by atoms with Crippen LogP contribution in [0, 0.1) is 0 Å². The Morgan fingerprint density at radius 3 is 2.55 bits per heavy atom. The fourth-order valence-electron chi connectivity index (χ4n) is 2.43. The lowest BCUT2D eigenvalue weighted by Gasteiger charge is -2.32. The number of morpholine rings is 1. The molecule has 1 aliphatic rings. The van der Waals surface area contributed by atoms with E-state index in [2.05, 4.69) is 35.4 Å². The first-order valence-electron chi connectivity index (χ1n) is 6.91. The minimum Gasteiger partial charge on any atom is -0.411 e. The number of oxime groups is 1. The second kappa shape index (κ2) is 7.67. The van der Waals surface area contributed by atoms with Gasteiger partial charge in [0.25, 0.3) is 0 Å². The molecule has 1 N–H and O–H groups in total. The van der Waals surface area contributed by atoms with Gasteiger partial charge in [-0.15, -0.1) is 11.8 Å². The molecule has 0 saturated carbocycles. The van der Waals surface area contributed by atoms with Crippen LogP contribution in [0.3, 0.4) is 0 Å². The second-order valence-corrected chi connectivity index (χ2v) is 5.86. The summed E-state index contributed by atoms with van der Waals surface area (Å²) in [6.07, 6.45) is 2.80. The highest BCUT2D eigenvalue weighted by molar-refractivity contribution is 7.98. The Morgan fingerprint density at radius 1 is 1.35 bits per heavy atom. The van der Waals surface area contributed by atoms with Crippen LogP contribution in [-0.2, 0) is 4.74 Å². The highest BCUT2D eigenvalue weighted by Crippen LogP contribution is 2.17.